The molecule has 0 bridgehead atoms. The van der Waals surface area contributed by atoms with Crippen LogP contribution in [0.4, 0.5) is 0 Å². The van der Waals surface area contributed by atoms with E-state index in [-0.39, 0.29) is 12.2 Å². The number of benzene rings is 2. The van der Waals surface area contributed by atoms with Crippen LogP contribution in [0.5, 0.6) is 11.6 Å². The number of aliphatic hydroxyl groups excluding tert-OH is 1. The second-order valence-electron chi connectivity index (χ2n) is 9.61. The topological polar surface area (TPSA) is 69.0 Å². The maximum Gasteiger partial charge on any atom is 0.227 e. The van der Waals surface area contributed by atoms with Gasteiger partial charge in [-0.15, -0.1) is 0 Å². The number of aromatic nitrogens is 2. The summed E-state index contributed by atoms with van der Waals surface area (Å²) in [5.74, 6) is 1.46. The first-order valence-corrected chi connectivity index (χ1v) is 13.1. The molecule has 1 fully saturated rings. The van der Waals surface area contributed by atoms with Gasteiger partial charge in [0.1, 0.15) is 5.75 Å². The molecule has 1 aliphatic rings. The Bertz CT molecular complexity index is 1050. The largest absolute Gasteiger partial charge is 0.439 e. The highest BCUT2D eigenvalue weighted by atomic mass is 16.5. The molecule has 0 saturated carbocycles. The van der Waals surface area contributed by atoms with Crippen molar-refractivity contribution in [1.29, 1.82) is 0 Å². The smallest absolute Gasteiger partial charge is 0.227 e. The molecule has 1 saturated heterocycles. The van der Waals surface area contributed by atoms with Gasteiger partial charge in [-0.1, -0.05) is 43.3 Å². The number of para-hydroxylation sites is 2. The van der Waals surface area contributed by atoms with E-state index in [1.165, 1.54) is 0 Å². The standard InChI is InChI=1S/C29H39N3O4/c1-4-28-27(20-31(19-26-16-11-17-34-26)18-24(33)21-35-22(2)3)29(36-25-14-9-6-10-15-25)32(30-28)23-12-7-5-8-13-23/h5-10,12-15,22,24,26,33H,4,11,16-21H2,1-3H3/t24-,26-/m0/s1. The summed E-state index contributed by atoms with van der Waals surface area (Å²) >= 11 is 0. The zero-order valence-electron chi connectivity index (χ0n) is 21.7. The van der Waals surface area contributed by atoms with Crippen LogP contribution in [0.3, 0.4) is 0 Å². The second-order valence-corrected chi connectivity index (χ2v) is 9.61. The first-order valence-electron chi connectivity index (χ1n) is 13.1. The van der Waals surface area contributed by atoms with Crippen LogP contribution in [0.25, 0.3) is 5.69 Å². The van der Waals surface area contributed by atoms with Crippen LogP contribution in [0.15, 0.2) is 60.7 Å². The van der Waals surface area contributed by atoms with Crippen molar-refractivity contribution in [2.45, 2.75) is 64.9 Å². The summed E-state index contributed by atoms with van der Waals surface area (Å²) < 4.78 is 20.0. The SMILES string of the molecule is CCc1nn(-c2ccccc2)c(Oc2ccccc2)c1CN(C[C@H](O)COC(C)C)C[C@@H]1CCCO1. The number of ether oxygens (including phenoxy) is 3. The van der Waals surface area contributed by atoms with Gasteiger partial charge in [-0.25, -0.2) is 4.68 Å². The van der Waals surface area contributed by atoms with E-state index in [9.17, 15) is 5.11 Å². The lowest BCUT2D eigenvalue weighted by Crippen LogP contribution is -2.39. The van der Waals surface area contributed by atoms with Gasteiger partial charge in [0.15, 0.2) is 0 Å². The third kappa shape index (κ3) is 7.17. The van der Waals surface area contributed by atoms with Crippen LogP contribution >= 0.6 is 0 Å². The summed E-state index contributed by atoms with van der Waals surface area (Å²) in [6, 6.07) is 19.9. The van der Waals surface area contributed by atoms with E-state index in [2.05, 4.69) is 11.8 Å². The van der Waals surface area contributed by atoms with Crippen LogP contribution in [-0.2, 0) is 22.4 Å². The molecule has 0 spiro atoms. The molecule has 36 heavy (non-hydrogen) atoms. The molecule has 7 heteroatoms. The molecule has 1 N–H and O–H groups in total. The Morgan fingerprint density at radius 2 is 1.83 bits per heavy atom. The fraction of sp³-hybridized carbons (Fsp3) is 0.483. The zero-order chi connectivity index (χ0) is 25.3. The van der Waals surface area contributed by atoms with Gasteiger partial charge in [-0.2, -0.15) is 5.10 Å². The van der Waals surface area contributed by atoms with Gasteiger partial charge in [0.2, 0.25) is 5.88 Å². The summed E-state index contributed by atoms with van der Waals surface area (Å²) in [6.45, 7) is 8.99. The van der Waals surface area contributed by atoms with Crippen molar-refractivity contribution in [3.63, 3.8) is 0 Å². The summed E-state index contributed by atoms with van der Waals surface area (Å²) in [5, 5.41) is 15.7. The van der Waals surface area contributed by atoms with E-state index in [1.807, 2.05) is 79.2 Å². The molecule has 2 heterocycles. The maximum absolute atomic E-state index is 10.8. The zero-order valence-corrected chi connectivity index (χ0v) is 21.7. The van der Waals surface area contributed by atoms with Crippen molar-refractivity contribution in [2.24, 2.45) is 0 Å². The first kappa shape index (κ1) is 26.4. The Kier molecular flexibility index (Phi) is 9.53. The molecule has 2 atom stereocenters. The third-order valence-corrected chi connectivity index (χ3v) is 6.27. The van der Waals surface area contributed by atoms with Crippen LogP contribution < -0.4 is 4.74 Å². The van der Waals surface area contributed by atoms with Gasteiger partial charge < -0.3 is 19.3 Å². The second kappa shape index (κ2) is 13.0. The van der Waals surface area contributed by atoms with Gasteiger partial charge in [0, 0.05) is 26.2 Å². The molecular weight excluding hydrogens is 454 g/mol. The molecule has 7 nitrogen and oxygen atoms in total. The van der Waals surface area contributed by atoms with Gasteiger partial charge in [0.25, 0.3) is 0 Å². The number of aryl methyl sites for hydroxylation is 1. The van der Waals surface area contributed by atoms with E-state index in [0.717, 1.165) is 55.1 Å². The van der Waals surface area contributed by atoms with Crippen molar-refractivity contribution >= 4 is 0 Å². The lowest BCUT2D eigenvalue weighted by molar-refractivity contribution is -0.0173. The van der Waals surface area contributed by atoms with Crippen LogP contribution in [0.2, 0.25) is 0 Å². The number of hydrogen-bond donors (Lipinski definition) is 1. The predicted octanol–water partition coefficient (Wildman–Crippen LogP) is 4.99. The Balaban J connectivity index is 1.66. The normalized spacial score (nSPS) is 16.7. The monoisotopic (exact) mass is 493 g/mol. The fourth-order valence-corrected chi connectivity index (χ4v) is 4.53. The highest BCUT2D eigenvalue weighted by Crippen LogP contribution is 2.32. The molecule has 0 radical (unpaired) electrons. The number of rotatable bonds is 13. The van der Waals surface area contributed by atoms with Gasteiger partial charge >= 0.3 is 0 Å². The van der Waals surface area contributed by atoms with Crippen LogP contribution in [0, 0.1) is 0 Å². The quantitative estimate of drug-likeness (QED) is 0.362. The third-order valence-electron chi connectivity index (χ3n) is 6.27. The van der Waals surface area contributed by atoms with Gasteiger partial charge in [-0.05, 0) is 57.4 Å². The molecule has 3 aromatic rings. The fourth-order valence-electron chi connectivity index (χ4n) is 4.53. The van der Waals surface area contributed by atoms with Crippen LogP contribution in [0.1, 0.15) is 44.9 Å². The van der Waals surface area contributed by atoms with Crippen molar-refractivity contribution in [3.05, 3.63) is 71.9 Å². The lowest BCUT2D eigenvalue weighted by Gasteiger charge is -2.28. The first-order chi connectivity index (χ1) is 17.5. The minimum absolute atomic E-state index is 0.0768. The number of nitrogens with zero attached hydrogens (tertiary/aromatic N) is 3. The molecule has 1 aliphatic heterocycles. The van der Waals surface area contributed by atoms with E-state index in [4.69, 9.17) is 19.3 Å². The number of hydrogen-bond acceptors (Lipinski definition) is 6. The summed E-state index contributed by atoms with van der Waals surface area (Å²) in [4.78, 5) is 2.26. The van der Waals surface area contributed by atoms with Crippen LogP contribution in [-0.4, -0.2) is 64.4 Å². The highest BCUT2D eigenvalue weighted by Gasteiger charge is 2.26. The molecule has 0 amide bonds. The Morgan fingerprint density at radius 3 is 2.47 bits per heavy atom. The number of aliphatic hydroxyl groups is 1. The van der Waals surface area contributed by atoms with Crippen molar-refractivity contribution in [1.82, 2.24) is 14.7 Å². The van der Waals surface area contributed by atoms with Gasteiger partial charge in [-0.3, -0.25) is 4.90 Å². The Labute approximate surface area is 214 Å². The Hall–Kier alpha value is -2.71. The van der Waals surface area contributed by atoms with E-state index in [1.54, 1.807) is 0 Å². The average Bonchev–Trinajstić information content (AvgIpc) is 3.52. The van der Waals surface area contributed by atoms with E-state index < -0.39 is 6.10 Å². The van der Waals surface area contributed by atoms with Crippen molar-refractivity contribution in [2.75, 3.05) is 26.3 Å². The molecule has 194 valence electrons. The molecular formula is C29H39N3O4. The summed E-state index contributed by atoms with van der Waals surface area (Å²) in [7, 11) is 0. The highest BCUT2D eigenvalue weighted by molar-refractivity contribution is 5.43. The lowest BCUT2D eigenvalue weighted by atomic mass is 10.1. The molecule has 0 aliphatic carbocycles. The van der Waals surface area contributed by atoms with Crippen molar-refractivity contribution in [3.8, 4) is 17.3 Å². The van der Waals surface area contributed by atoms with Gasteiger partial charge in [0.05, 0.1) is 41.9 Å². The molecule has 4 rings (SSSR count). The van der Waals surface area contributed by atoms with Crippen molar-refractivity contribution < 1.29 is 19.3 Å². The predicted molar refractivity (Wildman–Crippen MR) is 141 cm³/mol. The minimum atomic E-state index is -0.596. The van der Waals surface area contributed by atoms with E-state index >= 15 is 0 Å². The summed E-state index contributed by atoms with van der Waals surface area (Å²) in [6.07, 6.45) is 2.52. The maximum atomic E-state index is 10.8. The Morgan fingerprint density at radius 1 is 1.11 bits per heavy atom. The molecule has 1 aromatic heterocycles. The molecule has 0 unspecified atom stereocenters. The molecule has 2 aromatic carbocycles. The summed E-state index contributed by atoms with van der Waals surface area (Å²) in [5.41, 5.74) is 2.95. The van der Waals surface area contributed by atoms with E-state index in [0.29, 0.717) is 25.6 Å². The average molecular weight is 494 g/mol. The minimum Gasteiger partial charge on any atom is -0.439 e.